The van der Waals surface area contributed by atoms with E-state index in [9.17, 15) is 10.1 Å². The molecule has 1 aliphatic heterocycles. The van der Waals surface area contributed by atoms with Crippen molar-refractivity contribution in [2.45, 2.75) is 18.9 Å². The predicted octanol–water partition coefficient (Wildman–Crippen LogP) is 1.63. The van der Waals surface area contributed by atoms with E-state index in [0.29, 0.717) is 13.2 Å². The third-order valence-corrected chi connectivity index (χ3v) is 2.68. The fraction of sp³-hybridized carbons (Fsp3) is 0.556. The Morgan fingerprint density at radius 1 is 1.53 bits per heavy atom. The normalized spacial score (nSPS) is 16.8. The van der Waals surface area contributed by atoms with E-state index in [4.69, 9.17) is 16.3 Å². The second-order valence-corrected chi connectivity index (χ2v) is 4.00. The van der Waals surface area contributed by atoms with Crippen molar-refractivity contribution in [3.63, 3.8) is 0 Å². The van der Waals surface area contributed by atoms with Crippen LogP contribution in [0.4, 0.5) is 11.5 Å². The average Bonchev–Trinajstić information content (AvgIpc) is 2.30. The first-order chi connectivity index (χ1) is 8.16. The fourth-order valence-electron chi connectivity index (χ4n) is 1.63. The molecule has 8 heteroatoms. The van der Waals surface area contributed by atoms with Crippen LogP contribution in [-0.2, 0) is 4.74 Å². The van der Waals surface area contributed by atoms with Crippen molar-refractivity contribution in [3.05, 3.63) is 21.6 Å². The molecule has 1 fully saturated rings. The van der Waals surface area contributed by atoms with Gasteiger partial charge >= 0.3 is 5.69 Å². The van der Waals surface area contributed by atoms with Crippen molar-refractivity contribution in [2.75, 3.05) is 18.5 Å². The van der Waals surface area contributed by atoms with Gasteiger partial charge in [-0.3, -0.25) is 10.1 Å². The third-order valence-electron chi connectivity index (χ3n) is 2.50. The number of aromatic nitrogens is 2. The number of rotatable bonds is 3. The lowest BCUT2D eigenvalue weighted by Crippen LogP contribution is -2.28. The lowest BCUT2D eigenvalue weighted by atomic mass is 10.1. The highest BCUT2D eigenvalue weighted by atomic mass is 35.5. The van der Waals surface area contributed by atoms with Crippen molar-refractivity contribution in [3.8, 4) is 0 Å². The Hall–Kier alpha value is -1.47. The van der Waals surface area contributed by atoms with Crippen LogP contribution in [0.1, 0.15) is 12.8 Å². The van der Waals surface area contributed by atoms with Gasteiger partial charge in [-0.15, -0.1) is 0 Å². The molecular formula is C9H11ClN4O3. The smallest absolute Gasteiger partial charge is 0.329 e. The van der Waals surface area contributed by atoms with Crippen molar-refractivity contribution >= 4 is 23.1 Å². The topological polar surface area (TPSA) is 90.2 Å². The van der Waals surface area contributed by atoms with E-state index in [1.807, 2.05) is 0 Å². The Labute approximate surface area is 102 Å². The molecule has 17 heavy (non-hydrogen) atoms. The number of halogens is 1. The van der Waals surface area contributed by atoms with Gasteiger partial charge in [-0.05, 0) is 24.4 Å². The number of ether oxygens (including phenoxy) is 1. The molecule has 0 unspecified atom stereocenters. The van der Waals surface area contributed by atoms with E-state index in [1.54, 1.807) is 0 Å². The summed E-state index contributed by atoms with van der Waals surface area (Å²) in [6.45, 7) is 1.29. The number of anilines is 1. The molecule has 7 nitrogen and oxygen atoms in total. The summed E-state index contributed by atoms with van der Waals surface area (Å²) in [5.41, 5.74) is -0.166. The maximum absolute atomic E-state index is 10.8. The highest BCUT2D eigenvalue weighted by Crippen LogP contribution is 2.24. The molecule has 1 aromatic heterocycles. The molecule has 0 aliphatic carbocycles. The van der Waals surface area contributed by atoms with Crippen molar-refractivity contribution in [2.24, 2.45) is 0 Å². The molecule has 1 aromatic rings. The lowest BCUT2D eigenvalue weighted by Gasteiger charge is -2.23. The fourth-order valence-corrected chi connectivity index (χ4v) is 1.76. The largest absolute Gasteiger partial charge is 0.381 e. The molecule has 0 bridgehead atoms. The number of nitrogens with zero attached hydrogens (tertiary/aromatic N) is 3. The summed E-state index contributed by atoms with van der Waals surface area (Å²) in [5.74, 6) is 0.168. The molecule has 0 spiro atoms. The maximum Gasteiger partial charge on any atom is 0.329 e. The quantitative estimate of drug-likeness (QED) is 0.503. The Balaban J connectivity index is 2.17. The van der Waals surface area contributed by atoms with Crippen LogP contribution in [0.15, 0.2) is 6.20 Å². The van der Waals surface area contributed by atoms with Crippen LogP contribution in [0.5, 0.6) is 0 Å². The number of nitro groups is 1. The highest BCUT2D eigenvalue weighted by Gasteiger charge is 2.21. The van der Waals surface area contributed by atoms with Gasteiger partial charge in [-0.25, -0.2) is 4.98 Å². The van der Waals surface area contributed by atoms with Gasteiger partial charge in [-0.2, -0.15) is 4.98 Å². The zero-order valence-electron chi connectivity index (χ0n) is 8.93. The molecule has 92 valence electrons. The molecule has 1 N–H and O–H groups in total. The lowest BCUT2D eigenvalue weighted by molar-refractivity contribution is -0.384. The van der Waals surface area contributed by atoms with E-state index in [2.05, 4.69) is 15.3 Å². The minimum absolute atomic E-state index is 0.00911. The molecule has 0 atom stereocenters. The third kappa shape index (κ3) is 3.01. The molecule has 0 amide bonds. The van der Waals surface area contributed by atoms with E-state index in [-0.39, 0.29) is 22.8 Å². The molecule has 2 rings (SSSR count). The first-order valence-corrected chi connectivity index (χ1v) is 5.56. The minimum atomic E-state index is -0.530. The number of hydrogen-bond donors (Lipinski definition) is 1. The van der Waals surface area contributed by atoms with E-state index in [0.717, 1.165) is 19.0 Å². The Kier molecular flexibility index (Phi) is 3.70. The van der Waals surface area contributed by atoms with Crippen LogP contribution >= 0.6 is 11.6 Å². The van der Waals surface area contributed by atoms with Crippen LogP contribution in [0, 0.1) is 10.1 Å². The minimum Gasteiger partial charge on any atom is -0.381 e. The Morgan fingerprint density at radius 2 is 2.24 bits per heavy atom. The van der Waals surface area contributed by atoms with Crippen LogP contribution in [0.25, 0.3) is 0 Å². The molecular weight excluding hydrogens is 248 g/mol. The van der Waals surface area contributed by atoms with E-state index < -0.39 is 4.92 Å². The summed E-state index contributed by atoms with van der Waals surface area (Å²) < 4.78 is 5.21. The molecule has 2 heterocycles. The van der Waals surface area contributed by atoms with Crippen LogP contribution in [-0.4, -0.2) is 34.1 Å². The van der Waals surface area contributed by atoms with Gasteiger partial charge in [-0.1, -0.05) is 0 Å². The molecule has 1 saturated heterocycles. The summed E-state index contributed by atoms with van der Waals surface area (Å²) in [7, 11) is 0. The van der Waals surface area contributed by atoms with Crippen molar-refractivity contribution in [1.82, 2.24) is 9.97 Å². The zero-order valence-corrected chi connectivity index (χ0v) is 9.68. The second-order valence-electron chi connectivity index (χ2n) is 3.66. The SMILES string of the molecule is O=[N+]([O-])c1cnc(Cl)nc1NC1CCOCC1. The van der Waals surface area contributed by atoms with Crippen LogP contribution in [0.2, 0.25) is 5.28 Å². The zero-order chi connectivity index (χ0) is 12.3. The number of nitrogens with one attached hydrogen (secondary N) is 1. The van der Waals surface area contributed by atoms with Gasteiger partial charge in [0, 0.05) is 19.3 Å². The maximum atomic E-state index is 10.8. The van der Waals surface area contributed by atoms with Gasteiger partial charge in [0.25, 0.3) is 0 Å². The first-order valence-electron chi connectivity index (χ1n) is 5.18. The monoisotopic (exact) mass is 258 g/mol. The van der Waals surface area contributed by atoms with Crippen LogP contribution < -0.4 is 5.32 Å². The van der Waals surface area contributed by atoms with Crippen LogP contribution in [0.3, 0.4) is 0 Å². The number of hydrogen-bond acceptors (Lipinski definition) is 6. The van der Waals surface area contributed by atoms with E-state index in [1.165, 1.54) is 0 Å². The first kappa shape index (κ1) is 12.0. The second kappa shape index (κ2) is 5.24. The summed E-state index contributed by atoms with van der Waals surface area (Å²) in [4.78, 5) is 17.7. The predicted molar refractivity (Wildman–Crippen MR) is 61.2 cm³/mol. The standard InChI is InChI=1S/C9H11ClN4O3/c10-9-11-5-7(14(15)16)8(13-9)12-6-1-3-17-4-2-6/h5-6H,1-4H2,(H,11,12,13). The average molecular weight is 259 g/mol. The van der Waals surface area contributed by atoms with Gasteiger partial charge in [0.1, 0.15) is 6.20 Å². The highest BCUT2D eigenvalue weighted by molar-refractivity contribution is 6.28. The summed E-state index contributed by atoms with van der Waals surface area (Å²) >= 11 is 5.63. The Bertz CT molecular complexity index is 423. The summed E-state index contributed by atoms with van der Waals surface area (Å²) in [6.07, 6.45) is 2.69. The van der Waals surface area contributed by atoms with Gasteiger partial charge in [0.15, 0.2) is 0 Å². The molecule has 0 aromatic carbocycles. The van der Waals surface area contributed by atoms with Gasteiger partial charge in [0.05, 0.1) is 4.92 Å². The van der Waals surface area contributed by atoms with Crippen molar-refractivity contribution < 1.29 is 9.66 Å². The summed E-state index contributed by atoms with van der Waals surface area (Å²) in [6, 6.07) is 0.119. The Morgan fingerprint density at radius 3 is 2.88 bits per heavy atom. The van der Waals surface area contributed by atoms with Gasteiger partial charge < -0.3 is 10.1 Å². The van der Waals surface area contributed by atoms with Crippen molar-refractivity contribution in [1.29, 1.82) is 0 Å². The van der Waals surface area contributed by atoms with E-state index >= 15 is 0 Å². The van der Waals surface area contributed by atoms with Gasteiger partial charge in [0.2, 0.25) is 11.1 Å². The summed E-state index contributed by atoms with van der Waals surface area (Å²) in [5, 5.41) is 13.8. The molecule has 1 aliphatic rings. The molecule has 0 radical (unpaired) electrons. The molecule has 0 saturated carbocycles.